The largest absolute Gasteiger partial charge is 0.483 e. The Morgan fingerprint density at radius 3 is 2.39 bits per heavy atom. The van der Waals surface area contributed by atoms with E-state index in [1.165, 1.54) is 4.31 Å². The SMILES string of the molecule is Cc1ccc(OCC(=O)N2CCN(S(=O)(=O)Cc3ccccc3)CC2)c(Br)c1. The maximum atomic E-state index is 12.6. The molecule has 2 aromatic carbocycles. The Morgan fingerprint density at radius 2 is 1.75 bits per heavy atom. The number of ether oxygens (including phenoxy) is 1. The van der Waals surface area contributed by atoms with E-state index in [2.05, 4.69) is 15.9 Å². The van der Waals surface area contributed by atoms with Crippen LogP contribution < -0.4 is 4.74 Å². The summed E-state index contributed by atoms with van der Waals surface area (Å²) in [7, 11) is -3.39. The van der Waals surface area contributed by atoms with Crippen LogP contribution in [-0.4, -0.2) is 56.3 Å². The van der Waals surface area contributed by atoms with Crippen LogP contribution in [0.2, 0.25) is 0 Å². The van der Waals surface area contributed by atoms with Gasteiger partial charge in [-0.25, -0.2) is 8.42 Å². The van der Waals surface area contributed by atoms with E-state index in [0.29, 0.717) is 31.9 Å². The van der Waals surface area contributed by atoms with Gasteiger partial charge in [0, 0.05) is 26.2 Å². The van der Waals surface area contributed by atoms with Crippen molar-refractivity contribution in [3.63, 3.8) is 0 Å². The first-order chi connectivity index (χ1) is 13.3. The van der Waals surface area contributed by atoms with Crippen LogP contribution >= 0.6 is 15.9 Å². The van der Waals surface area contributed by atoms with E-state index < -0.39 is 10.0 Å². The predicted molar refractivity (Wildman–Crippen MR) is 112 cm³/mol. The summed E-state index contributed by atoms with van der Waals surface area (Å²) in [6, 6.07) is 14.8. The molecular formula is C20H23BrN2O4S. The predicted octanol–water partition coefficient (Wildman–Crippen LogP) is 2.81. The molecule has 3 rings (SSSR count). The normalized spacial score (nSPS) is 15.4. The number of carbonyl (C=O) groups is 1. The topological polar surface area (TPSA) is 66.9 Å². The molecule has 0 aromatic heterocycles. The number of halogens is 1. The summed E-state index contributed by atoms with van der Waals surface area (Å²) in [5.74, 6) is 0.447. The van der Waals surface area contributed by atoms with Gasteiger partial charge in [0.15, 0.2) is 6.61 Å². The lowest BCUT2D eigenvalue weighted by Gasteiger charge is -2.34. The van der Waals surface area contributed by atoms with E-state index >= 15 is 0 Å². The number of nitrogens with zero attached hydrogens (tertiary/aromatic N) is 2. The molecule has 0 spiro atoms. The monoisotopic (exact) mass is 466 g/mol. The molecule has 1 amide bonds. The molecule has 8 heteroatoms. The molecule has 2 aromatic rings. The van der Waals surface area contributed by atoms with Gasteiger partial charge >= 0.3 is 0 Å². The molecule has 0 saturated carbocycles. The van der Waals surface area contributed by atoms with E-state index in [1.54, 1.807) is 17.0 Å². The number of sulfonamides is 1. The Morgan fingerprint density at radius 1 is 1.07 bits per heavy atom. The number of carbonyl (C=O) groups excluding carboxylic acids is 1. The fraction of sp³-hybridized carbons (Fsp3) is 0.350. The first-order valence-electron chi connectivity index (χ1n) is 9.03. The van der Waals surface area contributed by atoms with Crippen LogP contribution in [0.5, 0.6) is 5.75 Å². The minimum atomic E-state index is -3.39. The lowest BCUT2D eigenvalue weighted by molar-refractivity contribution is -0.134. The summed E-state index contributed by atoms with van der Waals surface area (Å²) < 4.78 is 33.1. The molecule has 1 aliphatic rings. The van der Waals surface area contributed by atoms with Crippen molar-refractivity contribution in [2.75, 3.05) is 32.8 Å². The van der Waals surface area contributed by atoms with Gasteiger partial charge in [-0.2, -0.15) is 4.31 Å². The first kappa shape index (κ1) is 20.8. The zero-order valence-electron chi connectivity index (χ0n) is 15.7. The smallest absolute Gasteiger partial charge is 0.260 e. The number of hydrogen-bond acceptors (Lipinski definition) is 4. The van der Waals surface area contributed by atoms with Crippen LogP contribution in [-0.2, 0) is 20.6 Å². The van der Waals surface area contributed by atoms with E-state index in [0.717, 1.165) is 15.6 Å². The van der Waals surface area contributed by atoms with Crippen molar-refractivity contribution in [2.24, 2.45) is 0 Å². The molecule has 0 bridgehead atoms. The van der Waals surface area contributed by atoms with Crippen LogP contribution in [0.25, 0.3) is 0 Å². The summed E-state index contributed by atoms with van der Waals surface area (Å²) >= 11 is 3.43. The van der Waals surface area contributed by atoms with Gasteiger partial charge in [-0.3, -0.25) is 4.79 Å². The molecule has 0 aliphatic carbocycles. The fourth-order valence-corrected chi connectivity index (χ4v) is 5.17. The second-order valence-electron chi connectivity index (χ2n) is 6.74. The third kappa shape index (κ3) is 5.33. The number of hydrogen-bond donors (Lipinski definition) is 0. The fourth-order valence-electron chi connectivity index (χ4n) is 3.05. The van der Waals surface area contributed by atoms with Crippen LogP contribution in [0.1, 0.15) is 11.1 Å². The molecule has 0 radical (unpaired) electrons. The van der Waals surface area contributed by atoms with Crippen molar-refractivity contribution >= 4 is 31.9 Å². The average Bonchev–Trinajstić information content (AvgIpc) is 2.67. The molecule has 1 heterocycles. The van der Waals surface area contributed by atoms with Crippen LogP contribution in [0, 0.1) is 6.92 Å². The zero-order chi connectivity index (χ0) is 20.1. The van der Waals surface area contributed by atoms with Crippen LogP contribution in [0.4, 0.5) is 0 Å². The maximum absolute atomic E-state index is 12.6. The van der Waals surface area contributed by atoms with Gasteiger partial charge in [0.1, 0.15) is 5.75 Å². The van der Waals surface area contributed by atoms with Crippen molar-refractivity contribution in [3.8, 4) is 5.75 Å². The highest BCUT2D eigenvalue weighted by Crippen LogP contribution is 2.25. The first-order valence-corrected chi connectivity index (χ1v) is 11.4. The molecule has 0 unspecified atom stereocenters. The van der Waals surface area contributed by atoms with Gasteiger partial charge in [0.05, 0.1) is 10.2 Å². The van der Waals surface area contributed by atoms with Crippen LogP contribution in [0.15, 0.2) is 53.0 Å². The Kier molecular flexibility index (Phi) is 6.74. The number of rotatable bonds is 6. The van der Waals surface area contributed by atoms with Crippen molar-refractivity contribution in [2.45, 2.75) is 12.7 Å². The Hall–Kier alpha value is -1.90. The molecular weight excluding hydrogens is 444 g/mol. The van der Waals surface area contributed by atoms with Gasteiger partial charge in [-0.05, 0) is 46.1 Å². The Bertz CT molecular complexity index is 926. The lowest BCUT2D eigenvalue weighted by atomic mass is 10.2. The van der Waals surface area contributed by atoms with Gasteiger partial charge in [-0.1, -0.05) is 36.4 Å². The number of piperazine rings is 1. The van der Waals surface area contributed by atoms with Gasteiger partial charge in [0.2, 0.25) is 10.0 Å². The van der Waals surface area contributed by atoms with Crippen molar-refractivity contribution in [1.82, 2.24) is 9.21 Å². The highest BCUT2D eigenvalue weighted by molar-refractivity contribution is 9.10. The average molecular weight is 467 g/mol. The summed E-state index contributed by atoms with van der Waals surface area (Å²) in [6.45, 7) is 3.24. The Balaban J connectivity index is 1.51. The standard InChI is InChI=1S/C20H23BrN2O4S/c1-16-7-8-19(18(21)13-16)27-14-20(24)22-9-11-23(12-10-22)28(25,26)15-17-5-3-2-4-6-17/h2-8,13H,9-12,14-15H2,1H3. The maximum Gasteiger partial charge on any atom is 0.260 e. The summed E-state index contributed by atoms with van der Waals surface area (Å²) in [5, 5.41) is 0. The summed E-state index contributed by atoms with van der Waals surface area (Å²) in [5.41, 5.74) is 1.86. The molecule has 0 N–H and O–H groups in total. The van der Waals surface area contributed by atoms with E-state index in [4.69, 9.17) is 4.74 Å². The van der Waals surface area contributed by atoms with E-state index in [9.17, 15) is 13.2 Å². The highest BCUT2D eigenvalue weighted by Gasteiger charge is 2.29. The third-order valence-electron chi connectivity index (χ3n) is 4.62. The second-order valence-corrected chi connectivity index (χ2v) is 9.57. The molecule has 1 aliphatic heterocycles. The molecule has 0 atom stereocenters. The molecule has 150 valence electrons. The minimum absolute atomic E-state index is 0.0215. The Labute approximate surface area is 174 Å². The van der Waals surface area contributed by atoms with Crippen LogP contribution in [0.3, 0.4) is 0 Å². The molecule has 28 heavy (non-hydrogen) atoms. The quantitative estimate of drug-likeness (QED) is 0.656. The molecule has 1 fully saturated rings. The van der Waals surface area contributed by atoms with E-state index in [1.807, 2.05) is 43.3 Å². The third-order valence-corrected chi connectivity index (χ3v) is 7.08. The molecule has 6 nitrogen and oxygen atoms in total. The number of amides is 1. The summed E-state index contributed by atoms with van der Waals surface area (Å²) in [6.07, 6.45) is 0. The second kappa shape index (κ2) is 9.07. The van der Waals surface area contributed by atoms with Crippen molar-refractivity contribution in [1.29, 1.82) is 0 Å². The van der Waals surface area contributed by atoms with E-state index in [-0.39, 0.29) is 18.3 Å². The minimum Gasteiger partial charge on any atom is -0.483 e. The molecule has 1 saturated heterocycles. The zero-order valence-corrected chi connectivity index (χ0v) is 18.1. The van der Waals surface area contributed by atoms with Gasteiger partial charge in [0.25, 0.3) is 5.91 Å². The number of aryl methyl sites for hydroxylation is 1. The number of benzene rings is 2. The van der Waals surface area contributed by atoms with Gasteiger partial charge in [-0.15, -0.1) is 0 Å². The van der Waals surface area contributed by atoms with Crippen molar-refractivity contribution < 1.29 is 17.9 Å². The van der Waals surface area contributed by atoms with Gasteiger partial charge < -0.3 is 9.64 Å². The summed E-state index contributed by atoms with van der Waals surface area (Å²) in [4.78, 5) is 14.1. The van der Waals surface area contributed by atoms with Crippen molar-refractivity contribution in [3.05, 3.63) is 64.1 Å². The highest BCUT2D eigenvalue weighted by atomic mass is 79.9. The lowest BCUT2D eigenvalue weighted by Crippen LogP contribution is -2.51.